The summed E-state index contributed by atoms with van der Waals surface area (Å²) >= 11 is 0. The van der Waals surface area contributed by atoms with E-state index >= 15 is 0 Å². The summed E-state index contributed by atoms with van der Waals surface area (Å²) in [5.74, 6) is 0.842. The Morgan fingerprint density at radius 3 is 2.23 bits per heavy atom. The molecule has 3 N–H and O–H groups in total. The number of sulfone groups is 1. The van der Waals surface area contributed by atoms with Gasteiger partial charge in [-0.1, -0.05) is 50.5 Å². The van der Waals surface area contributed by atoms with Crippen molar-refractivity contribution < 1.29 is 17.9 Å². The fourth-order valence-electron chi connectivity index (χ4n) is 5.08. The number of carbonyl (C=O) groups excluding carboxylic acids is 1. The summed E-state index contributed by atoms with van der Waals surface area (Å²) in [6, 6.07) is 22.6. The molecule has 8 heteroatoms. The molecule has 0 heterocycles. The first-order valence-corrected chi connectivity index (χ1v) is 15.5. The van der Waals surface area contributed by atoms with Crippen LogP contribution in [0, 0.1) is 0 Å². The molecule has 4 rings (SSSR count). The van der Waals surface area contributed by atoms with Crippen LogP contribution in [0.15, 0.2) is 77.7 Å². The fraction of sp³-hybridized carbons (Fsp3) is 0.387. The Morgan fingerprint density at radius 1 is 0.923 bits per heavy atom. The van der Waals surface area contributed by atoms with E-state index in [4.69, 9.17) is 4.74 Å². The minimum Gasteiger partial charge on any atom is -0.497 e. The Bertz CT molecular complexity index is 1350. The van der Waals surface area contributed by atoms with Crippen LogP contribution in [0.25, 0.3) is 11.1 Å². The highest BCUT2D eigenvalue weighted by molar-refractivity contribution is 7.90. The molecule has 1 aliphatic rings. The summed E-state index contributed by atoms with van der Waals surface area (Å²) in [6.45, 7) is 2.71. The highest BCUT2D eigenvalue weighted by Crippen LogP contribution is 2.34. The molecule has 1 saturated carbocycles. The maximum absolute atomic E-state index is 13.8. The Morgan fingerprint density at radius 2 is 1.62 bits per heavy atom. The molecule has 39 heavy (non-hydrogen) atoms. The third kappa shape index (κ3) is 7.32. The fourth-order valence-corrected chi connectivity index (χ4v) is 5.71. The molecule has 0 unspecified atom stereocenters. The van der Waals surface area contributed by atoms with Crippen molar-refractivity contribution in [2.24, 2.45) is 0 Å². The monoisotopic (exact) mass is 549 g/mol. The van der Waals surface area contributed by atoms with Crippen LogP contribution in [-0.2, 0) is 14.6 Å². The predicted octanol–water partition coefficient (Wildman–Crippen LogP) is 5.89. The number of benzene rings is 3. The number of ether oxygens (including phenoxy) is 1. The second kappa shape index (κ2) is 12.6. The van der Waals surface area contributed by atoms with Crippen molar-refractivity contribution >= 4 is 27.1 Å². The SMILES string of the molecule is CC[C@@H](CNc1ccc(OC)cc1)NC(=O)C1(Nc2cccc(-c3ccc(S(C)(=O)=O)cc3)c2)CCCCC1. The maximum atomic E-state index is 13.8. The van der Waals surface area contributed by atoms with Crippen molar-refractivity contribution in [2.45, 2.75) is 61.9 Å². The molecule has 1 fully saturated rings. The smallest absolute Gasteiger partial charge is 0.245 e. The summed E-state index contributed by atoms with van der Waals surface area (Å²) in [6.07, 6.45) is 6.67. The summed E-state index contributed by atoms with van der Waals surface area (Å²) in [7, 11) is -1.60. The average molecular weight is 550 g/mol. The van der Waals surface area contributed by atoms with E-state index in [1.807, 2.05) is 60.7 Å². The first-order chi connectivity index (χ1) is 18.7. The van der Waals surface area contributed by atoms with Gasteiger partial charge in [-0.25, -0.2) is 8.42 Å². The van der Waals surface area contributed by atoms with E-state index in [2.05, 4.69) is 22.9 Å². The van der Waals surface area contributed by atoms with Crippen LogP contribution in [0.1, 0.15) is 45.4 Å². The van der Waals surface area contributed by atoms with Crippen molar-refractivity contribution in [3.8, 4) is 16.9 Å². The van der Waals surface area contributed by atoms with E-state index in [0.717, 1.165) is 66.8 Å². The lowest BCUT2D eigenvalue weighted by Crippen LogP contribution is -2.56. The van der Waals surface area contributed by atoms with Crippen LogP contribution < -0.4 is 20.7 Å². The number of rotatable bonds is 11. The van der Waals surface area contributed by atoms with E-state index in [-0.39, 0.29) is 11.9 Å². The van der Waals surface area contributed by atoms with Crippen LogP contribution in [-0.4, -0.2) is 45.8 Å². The van der Waals surface area contributed by atoms with Crippen molar-refractivity contribution in [1.29, 1.82) is 0 Å². The molecule has 0 bridgehead atoms. The van der Waals surface area contributed by atoms with Gasteiger partial charge in [0.05, 0.1) is 12.0 Å². The molecule has 0 spiro atoms. The zero-order valence-corrected chi connectivity index (χ0v) is 23.8. The number of methoxy groups -OCH3 is 1. The second-order valence-corrected chi connectivity index (χ2v) is 12.3. The van der Waals surface area contributed by atoms with Crippen LogP contribution >= 0.6 is 0 Å². The van der Waals surface area contributed by atoms with E-state index in [1.165, 1.54) is 6.26 Å². The van der Waals surface area contributed by atoms with E-state index in [1.54, 1.807) is 19.2 Å². The van der Waals surface area contributed by atoms with Crippen molar-refractivity contribution in [3.63, 3.8) is 0 Å². The molecule has 208 valence electrons. The highest BCUT2D eigenvalue weighted by Gasteiger charge is 2.40. The number of carbonyl (C=O) groups is 1. The van der Waals surface area contributed by atoms with Gasteiger partial charge < -0.3 is 20.7 Å². The Balaban J connectivity index is 1.47. The minimum atomic E-state index is -3.25. The lowest BCUT2D eigenvalue weighted by Gasteiger charge is -2.38. The highest BCUT2D eigenvalue weighted by atomic mass is 32.2. The van der Waals surface area contributed by atoms with Crippen molar-refractivity contribution in [1.82, 2.24) is 5.32 Å². The van der Waals surface area contributed by atoms with E-state index in [0.29, 0.717) is 11.4 Å². The quantitative estimate of drug-likeness (QED) is 0.276. The van der Waals surface area contributed by atoms with Crippen LogP contribution in [0.2, 0.25) is 0 Å². The van der Waals surface area contributed by atoms with Gasteiger partial charge in [-0.3, -0.25) is 4.79 Å². The molecule has 7 nitrogen and oxygen atoms in total. The molecule has 0 saturated heterocycles. The maximum Gasteiger partial charge on any atom is 0.245 e. The molecule has 1 amide bonds. The molecule has 0 aromatic heterocycles. The molecule has 0 aliphatic heterocycles. The van der Waals surface area contributed by atoms with Gasteiger partial charge in [0.15, 0.2) is 9.84 Å². The van der Waals surface area contributed by atoms with Gasteiger partial charge in [0.2, 0.25) is 5.91 Å². The number of nitrogens with one attached hydrogen (secondary N) is 3. The van der Waals surface area contributed by atoms with Gasteiger partial charge in [-0.2, -0.15) is 0 Å². The van der Waals surface area contributed by atoms with Gasteiger partial charge in [-0.05, 0) is 78.9 Å². The zero-order valence-electron chi connectivity index (χ0n) is 23.0. The topological polar surface area (TPSA) is 96.5 Å². The molecule has 3 aromatic rings. The second-order valence-electron chi connectivity index (χ2n) is 10.3. The minimum absolute atomic E-state index is 0.0140. The van der Waals surface area contributed by atoms with Gasteiger partial charge in [0.25, 0.3) is 0 Å². The Kier molecular flexibility index (Phi) is 9.17. The Hall–Kier alpha value is -3.52. The summed E-state index contributed by atoms with van der Waals surface area (Å²) in [5, 5.41) is 10.4. The average Bonchev–Trinajstić information content (AvgIpc) is 2.95. The van der Waals surface area contributed by atoms with Crippen LogP contribution in [0.5, 0.6) is 5.75 Å². The number of anilines is 2. The van der Waals surface area contributed by atoms with Gasteiger partial charge in [0, 0.05) is 30.2 Å². The third-order valence-electron chi connectivity index (χ3n) is 7.47. The van der Waals surface area contributed by atoms with Gasteiger partial charge in [-0.15, -0.1) is 0 Å². The molecule has 1 atom stereocenters. The Labute approximate surface area is 232 Å². The first kappa shape index (κ1) is 28.5. The molecule has 0 radical (unpaired) electrons. The number of hydrogen-bond donors (Lipinski definition) is 3. The van der Waals surface area contributed by atoms with E-state index in [9.17, 15) is 13.2 Å². The molecule has 3 aromatic carbocycles. The molecule has 1 aliphatic carbocycles. The molecular weight excluding hydrogens is 510 g/mol. The van der Waals surface area contributed by atoms with Crippen LogP contribution in [0.3, 0.4) is 0 Å². The lowest BCUT2D eigenvalue weighted by molar-refractivity contribution is -0.127. The number of hydrogen-bond acceptors (Lipinski definition) is 6. The standard InChI is InChI=1S/C31H39N3O4S/c1-4-25(22-32-26-13-15-28(38-2)16-14-26)33-30(35)31(19-6-5-7-20-31)34-27-10-8-9-24(21-27)23-11-17-29(18-12-23)39(3,36)37/h8-18,21,25,32,34H,4-7,19-20,22H2,1-3H3,(H,33,35)/t25-/m0/s1. The van der Waals surface area contributed by atoms with Crippen LogP contribution in [0.4, 0.5) is 11.4 Å². The molecular formula is C31H39N3O4S. The number of amides is 1. The van der Waals surface area contributed by atoms with Crippen molar-refractivity contribution in [2.75, 3.05) is 30.5 Å². The van der Waals surface area contributed by atoms with Gasteiger partial charge >= 0.3 is 0 Å². The first-order valence-electron chi connectivity index (χ1n) is 13.6. The summed E-state index contributed by atoms with van der Waals surface area (Å²) in [4.78, 5) is 14.1. The van der Waals surface area contributed by atoms with E-state index < -0.39 is 15.4 Å². The normalized spacial score (nSPS) is 15.7. The lowest BCUT2D eigenvalue weighted by atomic mass is 9.80. The van der Waals surface area contributed by atoms with Gasteiger partial charge in [0.1, 0.15) is 11.3 Å². The summed E-state index contributed by atoms with van der Waals surface area (Å²) in [5.41, 5.74) is 3.06. The predicted molar refractivity (Wildman–Crippen MR) is 158 cm³/mol. The largest absolute Gasteiger partial charge is 0.497 e. The van der Waals surface area contributed by atoms with Crippen molar-refractivity contribution in [3.05, 3.63) is 72.8 Å². The summed E-state index contributed by atoms with van der Waals surface area (Å²) < 4.78 is 28.9. The zero-order chi connectivity index (χ0) is 27.9. The third-order valence-corrected chi connectivity index (χ3v) is 8.60.